The minimum absolute atomic E-state index is 0.0100. The predicted molar refractivity (Wildman–Crippen MR) is 107 cm³/mol. The maximum Gasteiger partial charge on any atom is 0.263 e. The molecule has 2 aromatic carbocycles. The number of unbranched alkanes of at least 4 members (excludes halogenated alkanes) is 1. The Bertz CT molecular complexity index is 898. The second-order valence-electron chi connectivity index (χ2n) is 6.48. The third-order valence-corrected chi connectivity index (χ3v) is 4.41. The largest absolute Gasteiger partial charge is 0.454 e. The average molecular weight is 377 g/mol. The van der Waals surface area contributed by atoms with Crippen LogP contribution in [0.1, 0.15) is 30.9 Å². The quantitative estimate of drug-likeness (QED) is 0.539. The highest BCUT2D eigenvalue weighted by Crippen LogP contribution is 2.32. The van der Waals surface area contributed by atoms with Crippen LogP contribution in [0.25, 0.3) is 0 Å². The van der Waals surface area contributed by atoms with Gasteiger partial charge in [0.25, 0.3) is 5.91 Å². The average Bonchev–Trinajstić information content (AvgIpc) is 3.20. The van der Waals surface area contributed by atoms with Crippen molar-refractivity contribution in [2.24, 2.45) is 0 Å². The summed E-state index contributed by atoms with van der Waals surface area (Å²) < 4.78 is 10.6. The summed E-state index contributed by atoms with van der Waals surface area (Å²) in [6, 6.07) is 15.4. The normalized spacial score (nSPS) is 12.4. The van der Waals surface area contributed by atoms with E-state index < -0.39 is 5.91 Å². The minimum atomic E-state index is -0.438. The van der Waals surface area contributed by atoms with Gasteiger partial charge in [-0.25, -0.2) is 0 Å². The number of nitriles is 1. The Morgan fingerprint density at radius 2 is 1.89 bits per heavy atom. The molecule has 1 aliphatic rings. The van der Waals surface area contributed by atoms with E-state index >= 15 is 0 Å². The van der Waals surface area contributed by atoms with Crippen LogP contribution in [-0.2, 0) is 17.8 Å². The monoisotopic (exact) mass is 377 g/mol. The van der Waals surface area contributed by atoms with E-state index in [-0.39, 0.29) is 12.4 Å². The summed E-state index contributed by atoms with van der Waals surface area (Å²) in [5, 5.41) is 15.0. The lowest BCUT2D eigenvalue weighted by Gasteiger charge is -2.07. The molecule has 1 heterocycles. The predicted octanol–water partition coefficient (Wildman–Crippen LogP) is 3.89. The van der Waals surface area contributed by atoms with E-state index in [0.29, 0.717) is 18.0 Å². The van der Waals surface area contributed by atoms with E-state index in [2.05, 4.69) is 29.7 Å². The maximum atomic E-state index is 12.3. The van der Waals surface area contributed by atoms with Gasteiger partial charge in [-0.2, -0.15) is 5.26 Å². The van der Waals surface area contributed by atoms with E-state index in [0.717, 1.165) is 30.5 Å². The molecule has 6 heteroatoms. The highest BCUT2D eigenvalue weighted by atomic mass is 16.7. The van der Waals surface area contributed by atoms with E-state index in [9.17, 15) is 10.1 Å². The first-order chi connectivity index (χ1) is 13.7. The van der Waals surface area contributed by atoms with Gasteiger partial charge in [0.05, 0.1) is 0 Å². The summed E-state index contributed by atoms with van der Waals surface area (Å²) in [4.78, 5) is 12.3. The van der Waals surface area contributed by atoms with Gasteiger partial charge in [0.2, 0.25) is 6.79 Å². The number of carbonyl (C=O) groups is 1. The van der Waals surface area contributed by atoms with Gasteiger partial charge in [-0.3, -0.25) is 4.79 Å². The van der Waals surface area contributed by atoms with Gasteiger partial charge >= 0.3 is 0 Å². The molecule has 2 N–H and O–H groups in total. The highest BCUT2D eigenvalue weighted by Gasteiger charge is 2.14. The Labute approximate surface area is 164 Å². The summed E-state index contributed by atoms with van der Waals surface area (Å²) in [6.07, 6.45) is 4.80. The molecule has 0 spiro atoms. The summed E-state index contributed by atoms with van der Waals surface area (Å²) in [6.45, 7) is 2.67. The molecule has 0 bridgehead atoms. The second-order valence-corrected chi connectivity index (χ2v) is 6.48. The number of benzene rings is 2. The highest BCUT2D eigenvalue weighted by molar-refractivity contribution is 5.97. The number of amides is 1. The van der Waals surface area contributed by atoms with Crippen molar-refractivity contribution in [2.75, 3.05) is 12.1 Å². The Morgan fingerprint density at radius 1 is 1.14 bits per heavy atom. The number of nitrogens with zero attached hydrogens (tertiary/aromatic N) is 1. The topological polar surface area (TPSA) is 83.4 Å². The van der Waals surface area contributed by atoms with Crippen LogP contribution < -0.4 is 20.1 Å². The van der Waals surface area contributed by atoms with Gasteiger partial charge in [-0.15, -0.1) is 0 Å². The van der Waals surface area contributed by atoms with Crippen molar-refractivity contribution < 1.29 is 14.3 Å². The summed E-state index contributed by atoms with van der Waals surface area (Å²) in [5.41, 5.74) is 2.98. The molecule has 144 valence electrons. The molecule has 0 unspecified atom stereocenters. The molecule has 0 saturated carbocycles. The number of carbonyl (C=O) groups excluding carboxylic acids is 1. The number of nitrogens with one attached hydrogen (secondary N) is 2. The van der Waals surface area contributed by atoms with Crippen LogP contribution in [-0.4, -0.2) is 12.7 Å². The van der Waals surface area contributed by atoms with Crippen molar-refractivity contribution in [3.8, 4) is 17.6 Å². The molecule has 2 aromatic rings. The Hall–Kier alpha value is -3.46. The SMILES string of the molecule is CCCCc1ccc(N/C=C(/C#N)C(=O)NCc2ccc3c(c2)OCO3)cc1. The molecule has 28 heavy (non-hydrogen) atoms. The first-order valence-corrected chi connectivity index (χ1v) is 9.32. The standard InChI is InChI=1S/C22H23N3O3/c1-2-3-4-16-5-8-19(9-6-16)24-14-18(12-23)22(26)25-13-17-7-10-20-21(11-17)28-15-27-20/h5-11,14,24H,2-4,13,15H2,1H3,(H,25,26)/b18-14-. The Morgan fingerprint density at radius 3 is 2.64 bits per heavy atom. The van der Waals surface area contributed by atoms with Gasteiger partial charge in [0, 0.05) is 18.4 Å². The number of hydrogen-bond acceptors (Lipinski definition) is 5. The number of fused-ring (bicyclic) bond motifs is 1. The third kappa shape index (κ3) is 5.04. The Kier molecular flexibility index (Phi) is 6.53. The fourth-order valence-electron chi connectivity index (χ4n) is 2.78. The summed E-state index contributed by atoms with van der Waals surface area (Å²) in [7, 11) is 0. The Balaban J connectivity index is 1.54. The van der Waals surface area contributed by atoms with Crippen molar-refractivity contribution in [2.45, 2.75) is 32.7 Å². The molecule has 1 aliphatic heterocycles. The zero-order valence-electron chi connectivity index (χ0n) is 15.8. The van der Waals surface area contributed by atoms with Crippen molar-refractivity contribution >= 4 is 11.6 Å². The van der Waals surface area contributed by atoms with Crippen molar-refractivity contribution in [1.82, 2.24) is 5.32 Å². The zero-order chi connectivity index (χ0) is 19.8. The van der Waals surface area contributed by atoms with Crippen LogP contribution in [0.15, 0.2) is 54.2 Å². The molecule has 6 nitrogen and oxygen atoms in total. The number of anilines is 1. The van der Waals surface area contributed by atoms with Crippen LogP contribution in [0.3, 0.4) is 0 Å². The van der Waals surface area contributed by atoms with Gasteiger partial charge in [0.1, 0.15) is 11.6 Å². The van der Waals surface area contributed by atoms with E-state index in [4.69, 9.17) is 9.47 Å². The van der Waals surface area contributed by atoms with Crippen LogP contribution in [0.4, 0.5) is 5.69 Å². The van der Waals surface area contributed by atoms with E-state index in [1.165, 1.54) is 11.8 Å². The number of hydrogen-bond donors (Lipinski definition) is 2. The molecule has 0 atom stereocenters. The summed E-state index contributed by atoms with van der Waals surface area (Å²) >= 11 is 0. The zero-order valence-corrected chi connectivity index (χ0v) is 15.8. The van der Waals surface area contributed by atoms with Gasteiger partial charge in [-0.1, -0.05) is 31.5 Å². The molecule has 0 saturated heterocycles. The van der Waals surface area contributed by atoms with Gasteiger partial charge in [-0.05, 0) is 48.2 Å². The maximum absolute atomic E-state index is 12.3. The molecule has 0 radical (unpaired) electrons. The van der Waals surface area contributed by atoms with Crippen LogP contribution in [0.5, 0.6) is 11.5 Å². The lowest BCUT2D eigenvalue weighted by atomic mass is 10.1. The first kappa shape index (κ1) is 19.3. The van der Waals surface area contributed by atoms with Crippen molar-refractivity contribution in [3.05, 3.63) is 65.4 Å². The van der Waals surface area contributed by atoms with Crippen LogP contribution in [0.2, 0.25) is 0 Å². The smallest absolute Gasteiger partial charge is 0.263 e. The van der Waals surface area contributed by atoms with Crippen molar-refractivity contribution in [3.63, 3.8) is 0 Å². The number of rotatable bonds is 8. The fraction of sp³-hybridized carbons (Fsp3) is 0.273. The van der Waals surface area contributed by atoms with Crippen LogP contribution in [0, 0.1) is 11.3 Å². The molecular formula is C22H23N3O3. The number of ether oxygens (including phenoxy) is 2. The van der Waals surface area contributed by atoms with E-state index in [1.807, 2.05) is 30.3 Å². The lowest BCUT2D eigenvalue weighted by molar-refractivity contribution is -0.117. The molecule has 0 fully saturated rings. The molecule has 1 amide bonds. The summed E-state index contributed by atoms with van der Waals surface area (Å²) in [5.74, 6) is 0.914. The fourth-order valence-corrected chi connectivity index (χ4v) is 2.78. The third-order valence-electron chi connectivity index (χ3n) is 4.41. The number of aryl methyl sites for hydroxylation is 1. The minimum Gasteiger partial charge on any atom is -0.454 e. The molecule has 0 aromatic heterocycles. The second kappa shape index (κ2) is 9.47. The molecular weight excluding hydrogens is 354 g/mol. The lowest BCUT2D eigenvalue weighted by Crippen LogP contribution is -2.24. The van der Waals surface area contributed by atoms with Gasteiger partial charge < -0.3 is 20.1 Å². The first-order valence-electron chi connectivity index (χ1n) is 9.32. The van der Waals surface area contributed by atoms with Crippen LogP contribution >= 0.6 is 0 Å². The van der Waals surface area contributed by atoms with E-state index in [1.54, 1.807) is 6.07 Å². The van der Waals surface area contributed by atoms with Crippen molar-refractivity contribution in [1.29, 1.82) is 5.26 Å². The molecule has 3 rings (SSSR count). The molecule has 0 aliphatic carbocycles. The van der Waals surface area contributed by atoms with Gasteiger partial charge in [0.15, 0.2) is 11.5 Å².